The van der Waals surface area contributed by atoms with Crippen LogP contribution in [0.1, 0.15) is 23.3 Å². The molecular formula is C18H20N8O3. The summed E-state index contributed by atoms with van der Waals surface area (Å²) in [6, 6.07) is 4.01. The summed E-state index contributed by atoms with van der Waals surface area (Å²) in [6.45, 7) is 5.15. The van der Waals surface area contributed by atoms with Crippen molar-refractivity contribution in [2.24, 2.45) is 0 Å². The number of carboxylic acids is 1. The highest BCUT2D eigenvalue weighted by Crippen LogP contribution is 2.20. The molecule has 2 N–H and O–H groups in total. The van der Waals surface area contributed by atoms with Crippen LogP contribution in [-0.4, -0.2) is 62.2 Å². The van der Waals surface area contributed by atoms with Gasteiger partial charge in [0.25, 0.3) is 0 Å². The number of nitrogens with one attached hydrogen (secondary N) is 1. The summed E-state index contributed by atoms with van der Waals surface area (Å²) in [4.78, 5) is 36.6. The Hall–Kier alpha value is -3.76. The molecule has 3 aromatic rings. The second-order valence-corrected chi connectivity index (χ2v) is 6.37. The average molecular weight is 396 g/mol. The predicted molar refractivity (Wildman–Crippen MR) is 105 cm³/mol. The Morgan fingerprint density at radius 3 is 2.52 bits per heavy atom. The third-order valence-electron chi connectivity index (χ3n) is 4.51. The van der Waals surface area contributed by atoms with Crippen LogP contribution >= 0.6 is 0 Å². The van der Waals surface area contributed by atoms with E-state index in [4.69, 9.17) is 9.52 Å². The quantitative estimate of drug-likeness (QED) is 0.629. The van der Waals surface area contributed by atoms with Gasteiger partial charge in [0.15, 0.2) is 0 Å². The van der Waals surface area contributed by atoms with E-state index in [0.717, 1.165) is 38.1 Å². The second-order valence-electron chi connectivity index (χ2n) is 6.37. The SMILES string of the molecule is CCc1nc(Nc2ncc(C(=O)O)o2)nc(N2CCN(c3ccncc3)CC2)n1. The molecule has 1 fully saturated rings. The molecule has 0 amide bonds. The maximum absolute atomic E-state index is 10.9. The number of oxazole rings is 1. The first-order chi connectivity index (χ1) is 14.1. The van der Waals surface area contributed by atoms with Gasteiger partial charge in [0.05, 0.1) is 6.20 Å². The summed E-state index contributed by atoms with van der Waals surface area (Å²) in [5, 5.41) is 11.8. The summed E-state index contributed by atoms with van der Waals surface area (Å²) >= 11 is 0. The van der Waals surface area contributed by atoms with Gasteiger partial charge in [0.1, 0.15) is 5.82 Å². The van der Waals surface area contributed by atoms with E-state index in [2.05, 4.69) is 40.0 Å². The molecule has 0 unspecified atom stereocenters. The van der Waals surface area contributed by atoms with Gasteiger partial charge in [0.2, 0.25) is 17.7 Å². The van der Waals surface area contributed by atoms with Crippen LogP contribution in [-0.2, 0) is 6.42 Å². The van der Waals surface area contributed by atoms with Crippen LogP contribution in [0.5, 0.6) is 0 Å². The first-order valence-corrected chi connectivity index (χ1v) is 9.23. The Labute approximate surface area is 166 Å². The van der Waals surface area contributed by atoms with Crippen molar-refractivity contribution < 1.29 is 14.3 Å². The molecule has 4 heterocycles. The second kappa shape index (κ2) is 8.09. The Kier molecular flexibility index (Phi) is 5.18. The van der Waals surface area contributed by atoms with Gasteiger partial charge >= 0.3 is 12.0 Å². The molecule has 1 saturated heterocycles. The van der Waals surface area contributed by atoms with Crippen LogP contribution in [0.3, 0.4) is 0 Å². The number of carbonyl (C=O) groups is 1. The number of nitrogens with zero attached hydrogens (tertiary/aromatic N) is 7. The molecule has 0 spiro atoms. The van der Waals surface area contributed by atoms with Gasteiger partial charge in [-0.15, -0.1) is 0 Å². The molecule has 4 rings (SSSR count). The van der Waals surface area contributed by atoms with E-state index >= 15 is 0 Å². The molecule has 11 nitrogen and oxygen atoms in total. The summed E-state index contributed by atoms with van der Waals surface area (Å²) in [7, 11) is 0. The first-order valence-electron chi connectivity index (χ1n) is 9.23. The third-order valence-corrected chi connectivity index (χ3v) is 4.51. The number of aromatic carboxylic acids is 1. The minimum atomic E-state index is -1.19. The lowest BCUT2D eigenvalue weighted by Gasteiger charge is -2.36. The largest absolute Gasteiger partial charge is 0.475 e. The van der Waals surface area contributed by atoms with Crippen molar-refractivity contribution in [2.45, 2.75) is 13.3 Å². The lowest BCUT2D eigenvalue weighted by Crippen LogP contribution is -2.47. The van der Waals surface area contributed by atoms with Crippen LogP contribution in [0.2, 0.25) is 0 Å². The van der Waals surface area contributed by atoms with E-state index < -0.39 is 5.97 Å². The maximum atomic E-state index is 10.9. The number of pyridine rings is 1. The summed E-state index contributed by atoms with van der Waals surface area (Å²) in [6.07, 6.45) is 5.34. The molecule has 1 aliphatic rings. The molecule has 1 aliphatic heterocycles. The van der Waals surface area contributed by atoms with Crippen molar-refractivity contribution in [1.82, 2.24) is 24.9 Å². The molecule has 0 aliphatic carbocycles. The molecule has 0 aromatic carbocycles. The molecule has 3 aromatic heterocycles. The van der Waals surface area contributed by atoms with Gasteiger partial charge in [0, 0.05) is 50.7 Å². The Morgan fingerprint density at radius 2 is 1.86 bits per heavy atom. The number of aryl methyl sites for hydroxylation is 1. The third kappa shape index (κ3) is 4.23. The van der Waals surface area contributed by atoms with E-state index in [1.165, 1.54) is 0 Å². The zero-order chi connectivity index (χ0) is 20.2. The van der Waals surface area contributed by atoms with Crippen LogP contribution in [0.15, 0.2) is 35.1 Å². The summed E-state index contributed by atoms with van der Waals surface area (Å²) in [5.74, 6) is 0.00736. The van der Waals surface area contributed by atoms with Gasteiger partial charge in [-0.05, 0) is 12.1 Å². The van der Waals surface area contributed by atoms with Gasteiger partial charge in [-0.3, -0.25) is 10.3 Å². The lowest BCUT2D eigenvalue weighted by atomic mass is 10.3. The number of carboxylic acid groups (broad SMARTS) is 1. The Morgan fingerprint density at radius 1 is 1.14 bits per heavy atom. The van der Waals surface area contributed by atoms with E-state index in [1.807, 2.05) is 19.1 Å². The van der Waals surface area contributed by atoms with Crippen molar-refractivity contribution >= 4 is 29.6 Å². The van der Waals surface area contributed by atoms with Crippen molar-refractivity contribution in [3.63, 3.8) is 0 Å². The van der Waals surface area contributed by atoms with Crippen LogP contribution in [0.25, 0.3) is 0 Å². The van der Waals surface area contributed by atoms with Crippen molar-refractivity contribution in [3.05, 3.63) is 42.3 Å². The number of anilines is 4. The van der Waals surface area contributed by atoms with Gasteiger partial charge in [-0.1, -0.05) is 6.92 Å². The molecule has 0 saturated carbocycles. The van der Waals surface area contributed by atoms with Crippen molar-refractivity contribution in [2.75, 3.05) is 41.3 Å². The number of aromatic nitrogens is 5. The van der Waals surface area contributed by atoms with Gasteiger partial charge < -0.3 is 19.3 Å². The standard InChI is InChI=1S/C18H20N8O3/c1-2-14-21-16(24-18-20-11-13(29-18)15(27)28)23-17(22-14)26-9-7-25(8-10-26)12-3-5-19-6-4-12/h3-6,11H,2,7-10H2,1H3,(H,27,28)(H,20,21,22,23,24). The van der Waals surface area contributed by atoms with Crippen molar-refractivity contribution in [3.8, 4) is 0 Å². The smallest absolute Gasteiger partial charge is 0.373 e. The number of hydrogen-bond acceptors (Lipinski definition) is 10. The van der Waals surface area contributed by atoms with Gasteiger partial charge in [-0.2, -0.15) is 15.0 Å². The number of rotatable bonds is 6. The molecule has 150 valence electrons. The number of piperazine rings is 1. The van der Waals surface area contributed by atoms with E-state index in [1.54, 1.807) is 12.4 Å². The molecule has 29 heavy (non-hydrogen) atoms. The van der Waals surface area contributed by atoms with Crippen LogP contribution < -0.4 is 15.1 Å². The van der Waals surface area contributed by atoms with Gasteiger partial charge in [-0.25, -0.2) is 9.78 Å². The molecular weight excluding hydrogens is 376 g/mol. The average Bonchev–Trinajstić information content (AvgIpc) is 3.23. The maximum Gasteiger partial charge on any atom is 0.373 e. The molecule has 0 radical (unpaired) electrons. The topological polar surface area (TPSA) is 133 Å². The summed E-state index contributed by atoms with van der Waals surface area (Å²) in [5.41, 5.74) is 1.14. The molecule has 0 bridgehead atoms. The Balaban J connectivity index is 1.49. The first kappa shape index (κ1) is 18.6. The fraction of sp³-hybridized carbons (Fsp3) is 0.333. The minimum absolute atomic E-state index is 0.0177. The Bertz CT molecular complexity index is 986. The zero-order valence-electron chi connectivity index (χ0n) is 15.8. The summed E-state index contributed by atoms with van der Waals surface area (Å²) < 4.78 is 5.12. The fourth-order valence-electron chi connectivity index (χ4n) is 3.01. The number of hydrogen-bond donors (Lipinski definition) is 2. The minimum Gasteiger partial charge on any atom is -0.475 e. The predicted octanol–water partition coefficient (Wildman–Crippen LogP) is 1.59. The van der Waals surface area contributed by atoms with Crippen molar-refractivity contribution in [1.29, 1.82) is 0 Å². The monoisotopic (exact) mass is 396 g/mol. The van der Waals surface area contributed by atoms with E-state index in [-0.39, 0.29) is 17.7 Å². The molecule has 0 atom stereocenters. The van der Waals surface area contributed by atoms with Crippen LogP contribution in [0, 0.1) is 0 Å². The highest BCUT2D eigenvalue weighted by Gasteiger charge is 2.21. The zero-order valence-corrected chi connectivity index (χ0v) is 15.8. The fourth-order valence-corrected chi connectivity index (χ4v) is 3.01. The van der Waals surface area contributed by atoms with E-state index in [0.29, 0.717) is 18.2 Å². The normalized spacial score (nSPS) is 14.1. The highest BCUT2D eigenvalue weighted by molar-refractivity contribution is 5.84. The highest BCUT2D eigenvalue weighted by atomic mass is 16.4. The van der Waals surface area contributed by atoms with Crippen LogP contribution in [0.4, 0.5) is 23.6 Å². The lowest BCUT2D eigenvalue weighted by molar-refractivity contribution is 0.0663. The molecule has 11 heteroatoms. The van der Waals surface area contributed by atoms with E-state index in [9.17, 15) is 4.79 Å².